The van der Waals surface area contributed by atoms with Gasteiger partial charge in [-0.1, -0.05) is 30.3 Å². The zero-order valence-corrected chi connectivity index (χ0v) is 15.6. The van der Waals surface area contributed by atoms with Crippen LogP contribution in [0.25, 0.3) is 0 Å². The van der Waals surface area contributed by atoms with Crippen LogP contribution in [0.4, 0.5) is 4.39 Å². The van der Waals surface area contributed by atoms with E-state index in [0.717, 1.165) is 22.0 Å². The summed E-state index contributed by atoms with van der Waals surface area (Å²) in [6, 6.07) is 13.7. The Morgan fingerprint density at radius 2 is 1.67 bits per heavy atom. The molecule has 0 N–H and O–H groups in total. The molecule has 1 aliphatic rings. The van der Waals surface area contributed by atoms with E-state index in [-0.39, 0.29) is 23.9 Å². The Morgan fingerprint density at radius 1 is 1.04 bits per heavy atom. The van der Waals surface area contributed by atoms with E-state index in [1.54, 1.807) is 17.0 Å². The van der Waals surface area contributed by atoms with Crippen LogP contribution in [0.2, 0.25) is 0 Å². The van der Waals surface area contributed by atoms with Crippen molar-refractivity contribution in [2.24, 2.45) is 0 Å². The number of carbonyl (C=O) groups is 1. The van der Waals surface area contributed by atoms with E-state index in [4.69, 9.17) is 4.74 Å². The van der Waals surface area contributed by atoms with Gasteiger partial charge in [0.05, 0.1) is 24.7 Å². The van der Waals surface area contributed by atoms with Crippen molar-refractivity contribution in [3.63, 3.8) is 0 Å². The van der Waals surface area contributed by atoms with Gasteiger partial charge in [-0.2, -0.15) is 4.31 Å². The summed E-state index contributed by atoms with van der Waals surface area (Å²) in [5, 5.41) is 0. The van der Waals surface area contributed by atoms with Crippen LogP contribution in [0.5, 0.6) is 0 Å². The van der Waals surface area contributed by atoms with E-state index < -0.39 is 15.8 Å². The minimum absolute atomic E-state index is 0.0467. The Bertz CT molecular complexity index is 866. The van der Waals surface area contributed by atoms with Crippen molar-refractivity contribution in [2.45, 2.75) is 11.4 Å². The first kappa shape index (κ1) is 19.5. The molecule has 0 saturated carbocycles. The normalized spacial score (nSPS) is 15.1. The second kappa shape index (κ2) is 8.60. The molecule has 1 saturated heterocycles. The molecular weight excluding hydrogens is 371 g/mol. The summed E-state index contributed by atoms with van der Waals surface area (Å²) in [4.78, 5) is 14.2. The number of ether oxygens (including phenoxy) is 1. The molecule has 6 nitrogen and oxygen atoms in total. The van der Waals surface area contributed by atoms with Gasteiger partial charge < -0.3 is 9.64 Å². The molecule has 2 aromatic rings. The lowest BCUT2D eigenvalue weighted by Gasteiger charge is -2.29. The van der Waals surface area contributed by atoms with E-state index in [9.17, 15) is 17.6 Å². The third-order valence-corrected chi connectivity index (χ3v) is 6.13. The van der Waals surface area contributed by atoms with E-state index in [1.807, 2.05) is 18.2 Å². The minimum Gasteiger partial charge on any atom is -0.378 e. The molecule has 1 aliphatic heterocycles. The molecule has 0 bridgehead atoms. The summed E-state index contributed by atoms with van der Waals surface area (Å²) in [7, 11) is -3.96. The zero-order chi connectivity index (χ0) is 19.3. The number of amides is 1. The smallest absolute Gasteiger partial charge is 0.243 e. The quantitative estimate of drug-likeness (QED) is 0.753. The first-order valence-electron chi connectivity index (χ1n) is 8.62. The van der Waals surface area contributed by atoms with Crippen LogP contribution in [0, 0.1) is 5.82 Å². The van der Waals surface area contributed by atoms with Crippen molar-refractivity contribution in [2.75, 3.05) is 32.8 Å². The molecule has 0 spiro atoms. The number of carbonyl (C=O) groups excluding carboxylic acids is 1. The third-order valence-electron chi connectivity index (χ3n) is 4.33. The predicted octanol–water partition coefficient (Wildman–Crippen LogP) is 1.88. The van der Waals surface area contributed by atoms with Gasteiger partial charge in [0, 0.05) is 19.6 Å². The fraction of sp³-hybridized carbons (Fsp3) is 0.316. The maximum atomic E-state index is 13.2. The molecular formula is C19H21FN2O4S. The largest absolute Gasteiger partial charge is 0.378 e. The number of rotatable bonds is 6. The summed E-state index contributed by atoms with van der Waals surface area (Å²) in [6.07, 6.45) is 0. The Morgan fingerprint density at radius 3 is 2.30 bits per heavy atom. The number of nitrogens with zero attached hydrogens (tertiary/aromatic N) is 2. The van der Waals surface area contributed by atoms with Gasteiger partial charge >= 0.3 is 0 Å². The second-order valence-electron chi connectivity index (χ2n) is 6.21. The maximum Gasteiger partial charge on any atom is 0.243 e. The molecule has 0 radical (unpaired) electrons. The molecule has 27 heavy (non-hydrogen) atoms. The molecule has 0 atom stereocenters. The Kier molecular flexibility index (Phi) is 6.20. The van der Waals surface area contributed by atoms with Gasteiger partial charge in [0.25, 0.3) is 0 Å². The van der Waals surface area contributed by atoms with Crippen molar-refractivity contribution in [3.05, 3.63) is 66.0 Å². The number of hydrogen-bond acceptors (Lipinski definition) is 4. The molecule has 8 heteroatoms. The van der Waals surface area contributed by atoms with Crippen LogP contribution < -0.4 is 0 Å². The molecule has 144 valence electrons. The molecule has 2 aromatic carbocycles. The number of morpholine rings is 1. The number of sulfonamides is 1. The van der Waals surface area contributed by atoms with Gasteiger partial charge in [-0.3, -0.25) is 4.79 Å². The van der Waals surface area contributed by atoms with E-state index in [1.165, 1.54) is 12.1 Å². The molecule has 1 amide bonds. The fourth-order valence-electron chi connectivity index (χ4n) is 2.83. The Labute approximate surface area is 158 Å². The van der Waals surface area contributed by atoms with Gasteiger partial charge in [0.15, 0.2) is 0 Å². The third kappa shape index (κ3) is 4.91. The van der Waals surface area contributed by atoms with Gasteiger partial charge in [-0.25, -0.2) is 12.8 Å². The highest BCUT2D eigenvalue weighted by atomic mass is 32.2. The SMILES string of the molecule is O=C(CN(Cc1ccccc1)S(=O)(=O)c1ccc(F)cc1)N1CCOCC1. The predicted molar refractivity (Wildman–Crippen MR) is 97.8 cm³/mol. The fourth-order valence-corrected chi connectivity index (χ4v) is 4.21. The first-order valence-corrected chi connectivity index (χ1v) is 10.1. The summed E-state index contributed by atoms with van der Waals surface area (Å²) in [5.41, 5.74) is 0.762. The van der Waals surface area contributed by atoms with Crippen LogP contribution in [0.1, 0.15) is 5.56 Å². The topological polar surface area (TPSA) is 66.9 Å². The van der Waals surface area contributed by atoms with Crippen molar-refractivity contribution >= 4 is 15.9 Å². The van der Waals surface area contributed by atoms with Crippen LogP contribution in [0.3, 0.4) is 0 Å². The zero-order valence-electron chi connectivity index (χ0n) is 14.8. The van der Waals surface area contributed by atoms with Crippen LogP contribution >= 0.6 is 0 Å². The van der Waals surface area contributed by atoms with Crippen LogP contribution in [-0.2, 0) is 26.1 Å². The van der Waals surface area contributed by atoms with Gasteiger partial charge in [-0.15, -0.1) is 0 Å². The van der Waals surface area contributed by atoms with Gasteiger partial charge in [0.2, 0.25) is 15.9 Å². The van der Waals surface area contributed by atoms with E-state index in [0.29, 0.717) is 26.3 Å². The summed E-state index contributed by atoms with van der Waals surface area (Å²) < 4.78 is 45.7. The number of halogens is 1. The monoisotopic (exact) mass is 392 g/mol. The summed E-state index contributed by atoms with van der Waals surface area (Å²) in [5.74, 6) is -0.798. The Hall–Kier alpha value is -2.29. The van der Waals surface area contributed by atoms with E-state index in [2.05, 4.69) is 0 Å². The molecule has 3 rings (SSSR count). The molecule has 1 fully saturated rings. The van der Waals surface area contributed by atoms with Gasteiger partial charge in [-0.05, 0) is 29.8 Å². The average molecular weight is 392 g/mol. The van der Waals surface area contributed by atoms with Crippen molar-refractivity contribution < 1.29 is 22.3 Å². The van der Waals surface area contributed by atoms with Crippen molar-refractivity contribution in [1.82, 2.24) is 9.21 Å². The lowest BCUT2D eigenvalue weighted by molar-refractivity contribution is -0.135. The van der Waals surface area contributed by atoms with Crippen molar-refractivity contribution in [1.29, 1.82) is 0 Å². The highest BCUT2D eigenvalue weighted by molar-refractivity contribution is 7.89. The molecule has 0 aliphatic carbocycles. The lowest BCUT2D eigenvalue weighted by Crippen LogP contribution is -2.46. The average Bonchev–Trinajstić information content (AvgIpc) is 2.69. The summed E-state index contributed by atoms with van der Waals surface area (Å²) >= 11 is 0. The Balaban J connectivity index is 1.86. The molecule has 1 heterocycles. The van der Waals surface area contributed by atoms with Gasteiger partial charge in [0.1, 0.15) is 5.82 Å². The standard InChI is InChI=1S/C19H21FN2O4S/c20-17-6-8-18(9-7-17)27(24,25)22(14-16-4-2-1-3-5-16)15-19(23)21-10-12-26-13-11-21/h1-9H,10-15H2. The maximum absolute atomic E-state index is 13.2. The minimum atomic E-state index is -3.96. The highest BCUT2D eigenvalue weighted by Gasteiger charge is 2.29. The van der Waals surface area contributed by atoms with E-state index >= 15 is 0 Å². The second-order valence-corrected chi connectivity index (χ2v) is 8.14. The molecule has 0 unspecified atom stereocenters. The highest BCUT2D eigenvalue weighted by Crippen LogP contribution is 2.19. The summed E-state index contributed by atoms with van der Waals surface area (Å²) in [6.45, 7) is 1.53. The number of benzene rings is 2. The van der Waals surface area contributed by atoms with Crippen molar-refractivity contribution in [3.8, 4) is 0 Å². The van der Waals surface area contributed by atoms with Crippen LogP contribution in [-0.4, -0.2) is 56.4 Å². The first-order chi connectivity index (χ1) is 13.0. The lowest BCUT2D eigenvalue weighted by atomic mass is 10.2. The van der Waals surface area contributed by atoms with Crippen LogP contribution in [0.15, 0.2) is 59.5 Å². The number of hydrogen-bond donors (Lipinski definition) is 0. The molecule has 0 aromatic heterocycles.